The van der Waals surface area contributed by atoms with Gasteiger partial charge in [-0.15, -0.1) is 0 Å². The van der Waals surface area contributed by atoms with Gasteiger partial charge in [0.2, 0.25) is 5.91 Å². The van der Waals surface area contributed by atoms with Crippen LogP contribution in [-0.2, 0) is 22.2 Å². The third-order valence-corrected chi connectivity index (χ3v) is 7.79. The highest BCUT2D eigenvalue weighted by Crippen LogP contribution is 2.42. The molecule has 2 aliphatic heterocycles. The number of aryl methyl sites for hydroxylation is 1. The summed E-state index contributed by atoms with van der Waals surface area (Å²) >= 11 is 5.40. The van der Waals surface area contributed by atoms with E-state index in [9.17, 15) is 22.8 Å². The van der Waals surface area contributed by atoms with Gasteiger partial charge in [-0.25, -0.2) is 8.78 Å². The lowest BCUT2D eigenvalue weighted by Crippen LogP contribution is -2.47. The second-order valence-electron chi connectivity index (χ2n) is 10.6. The number of benzene rings is 2. The minimum atomic E-state index is -5.20. The number of likely N-dealkylation sites (N-methyl/N-ethyl adjacent to an activating group) is 1. The summed E-state index contributed by atoms with van der Waals surface area (Å²) in [7, 11) is 1.99. The van der Waals surface area contributed by atoms with Crippen LogP contribution < -0.4 is 9.80 Å². The maximum absolute atomic E-state index is 15.2. The summed E-state index contributed by atoms with van der Waals surface area (Å²) in [6.07, 6.45) is -4.20. The lowest BCUT2D eigenvalue weighted by molar-refractivity contribution is -0.140. The number of carbonyl (C=O) groups excluding carboxylic acids is 2. The normalized spacial score (nSPS) is 17.1. The Morgan fingerprint density at radius 3 is 2.26 bits per heavy atom. The molecule has 0 spiro atoms. The number of rotatable bonds is 6. The molecular weight excluding hydrogens is 589 g/mol. The molecule has 2 fully saturated rings. The fourth-order valence-electron chi connectivity index (χ4n) is 5.07. The zero-order chi connectivity index (χ0) is 32.3. The van der Waals surface area contributed by atoms with Crippen molar-refractivity contribution < 1.29 is 31.5 Å². The van der Waals surface area contributed by atoms with Crippen LogP contribution in [0, 0.1) is 23.0 Å². The molecule has 0 aliphatic carbocycles. The van der Waals surface area contributed by atoms with Crippen LogP contribution in [0.5, 0.6) is 0 Å². The number of nitrogens with zero attached hydrogens (tertiary/aromatic N) is 5. The van der Waals surface area contributed by atoms with Crippen LogP contribution in [0.25, 0.3) is 0 Å². The molecule has 0 aromatic heterocycles. The van der Waals surface area contributed by atoms with E-state index in [-0.39, 0.29) is 23.1 Å². The van der Waals surface area contributed by atoms with Gasteiger partial charge in [-0.2, -0.15) is 18.4 Å². The number of thiocarbonyl (C=S) groups is 1. The minimum absolute atomic E-state index is 0.0154. The fraction of sp³-hybridized carbons (Fsp3) is 0.467. The summed E-state index contributed by atoms with van der Waals surface area (Å²) in [5.41, 5.74) is -4.50. The Bertz CT molecular complexity index is 1430. The zero-order valence-corrected chi connectivity index (χ0v) is 25.5. The Morgan fingerprint density at radius 1 is 1.07 bits per heavy atom. The molecule has 2 aromatic rings. The molecule has 13 heteroatoms. The molecule has 2 aromatic carbocycles. The van der Waals surface area contributed by atoms with Crippen LogP contribution in [0.3, 0.4) is 0 Å². The number of anilines is 2. The van der Waals surface area contributed by atoms with E-state index in [4.69, 9.17) is 17.5 Å². The standard InChI is InChI=1S/C28H28F5N5O2S.C2H6/c1-27(2)25(40)37(21-10-8-18(16-34)23(24(21)30)28(31,32)33)26(41)38(27)19-9-7-17(20(29)15-19)5-4-6-22(39)36-13-11-35(3)12-14-36;1-2/h7-10,15H,4-6,11-14H2,1-3H3;1-2H3. The molecular formula is C30H34F5N5O2S. The Kier molecular flexibility index (Phi) is 10.5. The molecule has 232 valence electrons. The molecule has 0 saturated carbocycles. The second-order valence-corrected chi connectivity index (χ2v) is 10.9. The molecule has 4 rings (SSSR count). The number of nitriles is 1. The number of alkyl halides is 3. The number of carbonyl (C=O) groups is 2. The monoisotopic (exact) mass is 623 g/mol. The van der Waals surface area contributed by atoms with E-state index < -0.39 is 46.1 Å². The number of hydrogen-bond donors (Lipinski definition) is 0. The quantitative estimate of drug-likeness (QED) is 0.295. The Morgan fingerprint density at radius 2 is 1.70 bits per heavy atom. The van der Waals surface area contributed by atoms with Crippen LogP contribution in [-0.4, -0.2) is 65.5 Å². The van der Waals surface area contributed by atoms with E-state index in [0.29, 0.717) is 36.4 Å². The molecule has 0 unspecified atom stereocenters. The summed E-state index contributed by atoms with van der Waals surface area (Å²) in [5, 5.41) is 8.71. The molecule has 2 amide bonds. The molecule has 2 heterocycles. The first-order valence-electron chi connectivity index (χ1n) is 13.9. The smallest absolute Gasteiger partial charge is 0.340 e. The SMILES string of the molecule is CC.CN1CCN(C(=O)CCCc2ccc(N3C(=S)N(c4ccc(C#N)c(C(F)(F)F)c4F)C(=O)C3(C)C)cc2F)CC1. The van der Waals surface area contributed by atoms with Crippen LogP contribution in [0.15, 0.2) is 30.3 Å². The highest BCUT2D eigenvalue weighted by Gasteiger charge is 2.52. The number of hydrogen-bond acceptors (Lipinski definition) is 5. The predicted molar refractivity (Wildman–Crippen MR) is 158 cm³/mol. The first kappa shape index (κ1) is 33.9. The van der Waals surface area contributed by atoms with E-state index in [1.165, 1.54) is 36.9 Å². The van der Waals surface area contributed by atoms with Gasteiger partial charge in [0.25, 0.3) is 5.91 Å². The molecule has 2 aliphatic rings. The first-order valence-corrected chi connectivity index (χ1v) is 14.3. The third kappa shape index (κ3) is 6.80. The van der Waals surface area contributed by atoms with Crippen LogP contribution >= 0.6 is 12.2 Å². The first-order chi connectivity index (χ1) is 20.2. The zero-order valence-electron chi connectivity index (χ0n) is 24.7. The van der Waals surface area contributed by atoms with Crippen molar-refractivity contribution in [2.24, 2.45) is 0 Å². The molecule has 43 heavy (non-hydrogen) atoms. The van der Waals surface area contributed by atoms with Crippen molar-refractivity contribution in [3.63, 3.8) is 0 Å². The fourth-order valence-corrected chi connectivity index (χ4v) is 5.59. The average molecular weight is 624 g/mol. The van der Waals surface area contributed by atoms with Crippen molar-refractivity contribution in [3.8, 4) is 6.07 Å². The summed E-state index contributed by atoms with van der Waals surface area (Å²) in [5.74, 6) is -3.23. The summed E-state index contributed by atoms with van der Waals surface area (Å²) in [6, 6.07) is 7.14. The largest absolute Gasteiger partial charge is 0.420 e. The van der Waals surface area contributed by atoms with Gasteiger partial charge in [0, 0.05) is 38.3 Å². The van der Waals surface area contributed by atoms with Crippen molar-refractivity contribution >= 4 is 40.5 Å². The number of amides is 2. The van der Waals surface area contributed by atoms with Gasteiger partial charge in [-0.1, -0.05) is 19.9 Å². The van der Waals surface area contributed by atoms with Gasteiger partial charge in [0.1, 0.15) is 16.9 Å². The van der Waals surface area contributed by atoms with Crippen molar-refractivity contribution in [2.45, 2.75) is 58.7 Å². The van der Waals surface area contributed by atoms with Gasteiger partial charge < -0.3 is 14.7 Å². The maximum Gasteiger partial charge on any atom is 0.420 e. The van der Waals surface area contributed by atoms with Gasteiger partial charge in [-0.05, 0) is 75.8 Å². The number of halogens is 5. The summed E-state index contributed by atoms with van der Waals surface area (Å²) in [4.78, 5) is 31.7. The topological polar surface area (TPSA) is 70.9 Å². The van der Waals surface area contributed by atoms with Crippen LogP contribution in [0.4, 0.5) is 33.3 Å². The number of piperazine rings is 1. The van der Waals surface area contributed by atoms with Crippen molar-refractivity contribution in [1.82, 2.24) is 9.80 Å². The predicted octanol–water partition coefficient (Wildman–Crippen LogP) is 5.89. The maximum atomic E-state index is 15.2. The van der Waals surface area contributed by atoms with E-state index in [0.717, 1.165) is 31.3 Å². The minimum Gasteiger partial charge on any atom is -0.340 e. The Hall–Kier alpha value is -3.63. The van der Waals surface area contributed by atoms with Crippen molar-refractivity contribution in [2.75, 3.05) is 43.0 Å². The van der Waals surface area contributed by atoms with Crippen molar-refractivity contribution in [3.05, 3.63) is 58.7 Å². The van der Waals surface area contributed by atoms with Gasteiger partial charge in [0.15, 0.2) is 10.9 Å². The van der Waals surface area contributed by atoms with Crippen LogP contribution in [0.2, 0.25) is 0 Å². The molecule has 2 saturated heterocycles. The van der Waals surface area contributed by atoms with E-state index in [1.807, 2.05) is 20.9 Å². The van der Waals surface area contributed by atoms with E-state index >= 15 is 8.78 Å². The van der Waals surface area contributed by atoms with Crippen LogP contribution in [0.1, 0.15) is 57.2 Å². The summed E-state index contributed by atoms with van der Waals surface area (Å²) < 4.78 is 71.1. The Labute approximate surface area is 253 Å². The third-order valence-electron chi connectivity index (χ3n) is 7.42. The average Bonchev–Trinajstić information content (AvgIpc) is 3.13. The molecule has 0 bridgehead atoms. The lowest BCUT2D eigenvalue weighted by Gasteiger charge is -2.32. The second kappa shape index (κ2) is 13.3. The van der Waals surface area contributed by atoms with E-state index in [2.05, 4.69) is 4.90 Å². The summed E-state index contributed by atoms with van der Waals surface area (Å²) in [6.45, 7) is 9.79. The highest BCUT2D eigenvalue weighted by atomic mass is 32.1. The Balaban J connectivity index is 0.00000248. The van der Waals surface area contributed by atoms with Gasteiger partial charge in [-0.3, -0.25) is 14.5 Å². The van der Waals surface area contributed by atoms with Gasteiger partial charge >= 0.3 is 6.18 Å². The van der Waals surface area contributed by atoms with E-state index in [1.54, 1.807) is 4.90 Å². The highest BCUT2D eigenvalue weighted by molar-refractivity contribution is 7.81. The molecule has 7 nitrogen and oxygen atoms in total. The molecule has 0 atom stereocenters. The van der Waals surface area contributed by atoms with Gasteiger partial charge in [0.05, 0.1) is 17.3 Å². The van der Waals surface area contributed by atoms with Crippen molar-refractivity contribution in [1.29, 1.82) is 5.26 Å². The molecule has 0 radical (unpaired) electrons. The molecule has 0 N–H and O–H groups in total. The lowest BCUT2D eigenvalue weighted by atomic mass is 10.0.